The third kappa shape index (κ3) is 4.19. The Kier molecular flexibility index (Phi) is 4.94. The van der Waals surface area contributed by atoms with E-state index in [2.05, 4.69) is 17.2 Å². The van der Waals surface area contributed by atoms with E-state index in [-0.39, 0.29) is 11.9 Å². The predicted octanol–water partition coefficient (Wildman–Crippen LogP) is 3.39. The normalized spacial score (nSPS) is 23.2. The molecule has 24 heavy (non-hydrogen) atoms. The molecule has 1 saturated carbocycles. The van der Waals surface area contributed by atoms with Gasteiger partial charge in [0.2, 0.25) is 0 Å². The third-order valence-corrected chi connectivity index (χ3v) is 4.34. The quantitative estimate of drug-likeness (QED) is 0.822. The third-order valence-electron chi connectivity index (χ3n) is 4.11. The first kappa shape index (κ1) is 16.6. The molecular formula is C19H18ClNO3. The zero-order valence-electron chi connectivity index (χ0n) is 13.1. The van der Waals surface area contributed by atoms with Gasteiger partial charge in [-0.2, -0.15) is 0 Å². The maximum atomic E-state index is 12.1. The van der Waals surface area contributed by atoms with E-state index in [9.17, 15) is 9.90 Å². The lowest BCUT2D eigenvalue weighted by atomic mass is 9.82. The van der Waals surface area contributed by atoms with Gasteiger partial charge in [-0.1, -0.05) is 29.5 Å². The van der Waals surface area contributed by atoms with Crippen LogP contribution in [0.4, 0.5) is 0 Å². The van der Waals surface area contributed by atoms with Gasteiger partial charge in [-0.25, -0.2) is 0 Å². The lowest BCUT2D eigenvalue weighted by molar-refractivity contribution is 0.0452. The van der Waals surface area contributed by atoms with Crippen LogP contribution in [0.15, 0.2) is 47.3 Å². The molecule has 2 aromatic rings. The van der Waals surface area contributed by atoms with Gasteiger partial charge in [-0.3, -0.25) is 4.79 Å². The van der Waals surface area contributed by atoms with Gasteiger partial charge in [0.05, 0.1) is 11.8 Å². The summed E-state index contributed by atoms with van der Waals surface area (Å²) in [5.41, 5.74) is 0.143. The molecule has 1 aromatic carbocycles. The Morgan fingerprint density at radius 1 is 1.42 bits per heavy atom. The monoisotopic (exact) mass is 343 g/mol. The summed E-state index contributed by atoms with van der Waals surface area (Å²) < 4.78 is 4.92. The molecule has 4 nitrogen and oxygen atoms in total. The van der Waals surface area contributed by atoms with Crippen molar-refractivity contribution in [1.82, 2.24) is 5.32 Å². The number of benzene rings is 1. The molecule has 0 bridgehead atoms. The molecule has 1 aliphatic rings. The van der Waals surface area contributed by atoms with Crippen LogP contribution in [0.2, 0.25) is 5.02 Å². The molecule has 1 fully saturated rings. The number of hydrogen-bond donors (Lipinski definition) is 2. The highest BCUT2D eigenvalue weighted by atomic mass is 35.5. The Morgan fingerprint density at radius 2 is 2.29 bits per heavy atom. The van der Waals surface area contributed by atoms with Crippen LogP contribution in [0, 0.1) is 11.8 Å². The summed E-state index contributed by atoms with van der Waals surface area (Å²) in [5, 5.41) is 14.3. The molecule has 5 heteroatoms. The van der Waals surface area contributed by atoms with E-state index in [1.54, 1.807) is 18.2 Å². The lowest BCUT2D eigenvalue weighted by Gasteiger charge is -2.33. The number of rotatable bonds is 2. The van der Waals surface area contributed by atoms with Gasteiger partial charge in [0.15, 0.2) is 0 Å². The number of carbonyl (C=O) groups excluding carboxylic acids is 1. The topological polar surface area (TPSA) is 62.5 Å². The first-order valence-corrected chi connectivity index (χ1v) is 8.26. The molecule has 1 aliphatic carbocycles. The largest absolute Gasteiger partial charge is 0.472 e. The summed E-state index contributed by atoms with van der Waals surface area (Å²) in [6, 6.07) is 8.72. The Balaban J connectivity index is 1.67. The Hall–Kier alpha value is -2.22. The fourth-order valence-corrected chi connectivity index (χ4v) is 3.10. The predicted molar refractivity (Wildman–Crippen MR) is 91.7 cm³/mol. The van der Waals surface area contributed by atoms with Crippen molar-refractivity contribution in [3.63, 3.8) is 0 Å². The molecule has 2 N–H and O–H groups in total. The van der Waals surface area contributed by atoms with Gasteiger partial charge in [0, 0.05) is 23.0 Å². The standard InChI is InChI=1S/C19H18ClNO3/c20-16-4-1-3-14(11-16)6-9-19(23)8-2-5-17(12-19)21-18(22)15-7-10-24-13-15/h1,3-4,7,10-11,13,17,23H,2,5,8,12H2,(H,21,22)/t17-,19+/m0/s1. The maximum absolute atomic E-state index is 12.1. The van der Waals surface area contributed by atoms with Gasteiger partial charge >= 0.3 is 0 Å². The van der Waals surface area contributed by atoms with Crippen LogP contribution in [0.5, 0.6) is 0 Å². The minimum atomic E-state index is -1.10. The van der Waals surface area contributed by atoms with Crippen LogP contribution in [0.1, 0.15) is 41.6 Å². The average Bonchev–Trinajstić information content (AvgIpc) is 3.08. The van der Waals surface area contributed by atoms with Crippen molar-refractivity contribution < 1.29 is 14.3 Å². The first-order chi connectivity index (χ1) is 11.5. The number of amides is 1. The minimum Gasteiger partial charge on any atom is -0.472 e. The zero-order chi connectivity index (χ0) is 17.0. The number of aliphatic hydroxyl groups is 1. The van der Waals surface area contributed by atoms with Gasteiger partial charge in [0.25, 0.3) is 5.91 Å². The Morgan fingerprint density at radius 3 is 3.04 bits per heavy atom. The second-order valence-electron chi connectivity index (χ2n) is 6.07. The molecule has 0 saturated heterocycles. The van der Waals surface area contributed by atoms with Crippen molar-refractivity contribution in [3.05, 3.63) is 59.0 Å². The van der Waals surface area contributed by atoms with Crippen LogP contribution in [0.3, 0.4) is 0 Å². The summed E-state index contributed by atoms with van der Waals surface area (Å²) in [6.07, 6.45) is 5.50. The van der Waals surface area contributed by atoms with Crippen molar-refractivity contribution in [3.8, 4) is 11.8 Å². The molecule has 0 spiro atoms. The highest BCUT2D eigenvalue weighted by Crippen LogP contribution is 2.28. The zero-order valence-corrected chi connectivity index (χ0v) is 13.8. The number of hydrogen-bond acceptors (Lipinski definition) is 3. The lowest BCUT2D eigenvalue weighted by Crippen LogP contribution is -2.45. The van der Waals surface area contributed by atoms with Gasteiger partial charge < -0.3 is 14.8 Å². The van der Waals surface area contributed by atoms with Crippen molar-refractivity contribution in [2.45, 2.75) is 37.3 Å². The second kappa shape index (κ2) is 7.12. The van der Waals surface area contributed by atoms with Gasteiger partial charge in [-0.05, 0) is 43.5 Å². The molecular weight excluding hydrogens is 326 g/mol. The van der Waals surface area contributed by atoms with E-state index in [4.69, 9.17) is 16.0 Å². The van der Waals surface area contributed by atoms with Crippen LogP contribution in [0.25, 0.3) is 0 Å². The molecule has 124 valence electrons. The minimum absolute atomic E-state index is 0.111. The summed E-state index contributed by atoms with van der Waals surface area (Å²) in [4.78, 5) is 12.1. The van der Waals surface area contributed by atoms with Gasteiger partial charge in [-0.15, -0.1) is 0 Å². The van der Waals surface area contributed by atoms with E-state index >= 15 is 0 Å². The van der Waals surface area contributed by atoms with Crippen LogP contribution >= 0.6 is 11.6 Å². The fraction of sp³-hybridized carbons (Fsp3) is 0.316. The molecule has 0 radical (unpaired) electrons. The summed E-state index contributed by atoms with van der Waals surface area (Å²) in [7, 11) is 0. The SMILES string of the molecule is O=C(N[C@H]1CCC[C@@](O)(C#Cc2cccc(Cl)c2)C1)c1ccoc1. The van der Waals surface area contributed by atoms with Crippen molar-refractivity contribution in [2.75, 3.05) is 0 Å². The van der Waals surface area contributed by atoms with E-state index in [0.717, 1.165) is 18.4 Å². The molecule has 3 rings (SSSR count). The summed E-state index contributed by atoms with van der Waals surface area (Å²) in [6.45, 7) is 0. The van der Waals surface area contributed by atoms with Gasteiger partial charge in [0.1, 0.15) is 11.9 Å². The number of furan rings is 1. The maximum Gasteiger partial charge on any atom is 0.254 e. The number of nitrogens with one attached hydrogen (secondary N) is 1. The van der Waals surface area contributed by atoms with Crippen molar-refractivity contribution in [2.24, 2.45) is 0 Å². The molecule has 1 amide bonds. The average molecular weight is 344 g/mol. The highest BCUT2D eigenvalue weighted by molar-refractivity contribution is 6.30. The second-order valence-corrected chi connectivity index (χ2v) is 6.51. The Bertz CT molecular complexity index is 775. The van der Waals surface area contributed by atoms with E-state index in [0.29, 0.717) is 23.4 Å². The first-order valence-electron chi connectivity index (χ1n) is 7.88. The fourth-order valence-electron chi connectivity index (χ4n) is 2.91. The molecule has 0 unspecified atom stereocenters. The molecule has 2 atom stereocenters. The summed E-state index contributed by atoms with van der Waals surface area (Å²) in [5.74, 6) is 5.75. The van der Waals surface area contributed by atoms with Crippen molar-refractivity contribution in [1.29, 1.82) is 0 Å². The summed E-state index contributed by atoms with van der Waals surface area (Å²) >= 11 is 5.94. The number of halogens is 1. The molecule has 1 aromatic heterocycles. The van der Waals surface area contributed by atoms with E-state index < -0.39 is 5.60 Å². The van der Waals surface area contributed by atoms with Crippen LogP contribution in [-0.2, 0) is 0 Å². The molecule has 1 heterocycles. The van der Waals surface area contributed by atoms with E-state index in [1.807, 2.05) is 12.1 Å². The molecule has 0 aliphatic heterocycles. The number of carbonyl (C=O) groups is 1. The van der Waals surface area contributed by atoms with Crippen LogP contribution < -0.4 is 5.32 Å². The van der Waals surface area contributed by atoms with E-state index in [1.165, 1.54) is 12.5 Å². The van der Waals surface area contributed by atoms with Crippen LogP contribution in [-0.4, -0.2) is 22.7 Å². The highest BCUT2D eigenvalue weighted by Gasteiger charge is 2.33. The van der Waals surface area contributed by atoms with Crippen molar-refractivity contribution >= 4 is 17.5 Å². The smallest absolute Gasteiger partial charge is 0.254 e. The Labute approximate surface area is 145 Å².